The summed E-state index contributed by atoms with van der Waals surface area (Å²) in [5, 5.41) is 6.05. The number of anilines is 1. The average molecular weight is 324 g/mol. The van der Waals surface area contributed by atoms with Crippen LogP contribution in [-0.4, -0.2) is 17.6 Å². The Bertz CT molecular complexity index is 617. The SMILES string of the molecule is CCOC(=O)C(C)(C)c1csc(NCc2ccc(C)s2)n1. The molecule has 0 fully saturated rings. The highest BCUT2D eigenvalue weighted by Gasteiger charge is 2.33. The zero-order chi connectivity index (χ0) is 15.5. The molecule has 6 heteroatoms. The lowest BCUT2D eigenvalue weighted by Crippen LogP contribution is -2.31. The van der Waals surface area contributed by atoms with E-state index >= 15 is 0 Å². The number of hydrogen-bond acceptors (Lipinski definition) is 6. The van der Waals surface area contributed by atoms with Gasteiger partial charge in [0.2, 0.25) is 0 Å². The molecule has 2 rings (SSSR count). The summed E-state index contributed by atoms with van der Waals surface area (Å²) in [6.45, 7) is 8.72. The highest BCUT2D eigenvalue weighted by molar-refractivity contribution is 7.14. The van der Waals surface area contributed by atoms with Crippen molar-refractivity contribution in [3.8, 4) is 0 Å². The summed E-state index contributed by atoms with van der Waals surface area (Å²) in [5.74, 6) is -0.240. The van der Waals surface area contributed by atoms with Gasteiger partial charge >= 0.3 is 5.97 Å². The van der Waals surface area contributed by atoms with Crippen LogP contribution in [0.5, 0.6) is 0 Å². The van der Waals surface area contributed by atoms with Crippen molar-refractivity contribution in [3.63, 3.8) is 0 Å². The van der Waals surface area contributed by atoms with Crippen LogP contribution in [0.3, 0.4) is 0 Å². The van der Waals surface area contributed by atoms with Crippen LogP contribution in [-0.2, 0) is 21.5 Å². The second-order valence-electron chi connectivity index (χ2n) is 5.25. The fraction of sp³-hybridized carbons (Fsp3) is 0.467. The van der Waals surface area contributed by atoms with Crippen molar-refractivity contribution in [2.75, 3.05) is 11.9 Å². The van der Waals surface area contributed by atoms with Crippen molar-refractivity contribution in [3.05, 3.63) is 33.0 Å². The Kier molecular flexibility index (Phi) is 5.00. The average Bonchev–Trinajstić information content (AvgIpc) is 3.05. The molecule has 2 heterocycles. The van der Waals surface area contributed by atoms with E-state index in [1.54, 1.807) is 11.3 Å². The number of aryl methyl sites for hydroxylation is 1. The van der Waals surface area contributed by atoms with E-state index in [0.29, 0.717) is 6.61 Å². The predicted octanol–water partition coefficient (Wildman–Crippen LogP) is 3.97. The van der Waals surface area contributed by atoms with Crippen LogP contribution in [0.4, 0.5) is 5.13 Å². The number of thiazole rings is 1. The van der Waals surface area contributed by atoms with Gasteiger partial charge in [-0.25, -0.2) is 4.98 Å². The van der Waals surface area contributed by atoms with Crippen LogP contribution in [0, 0.1) is 6.92 Å². The van der Waals surface area contributed by atoms with Crippen LogP contribution < -0.4 is 5.32 Å². The standard InChI is InChI=1S/C15H20N2O2S2/c1-5-19-13(18)15(3,4)12-9-20-14(17-12)16-8-11-7-6-10(2)21-11/h6-7,9H,5,8H2,1-4H3,(H,16,17). The van der Waals surface area contributed by atoms with Gasteiger partial charge in [-0.2, -0.15) is 0 Å². The zero-order valence-electron chi connectivity index (χ0n) is 12.7. The van der Waals surface area contributed by atoms with E-state index in [1.807, 2.05) is 26.2 Å². The van der Waals surface area contributed by atoms with Crippen LogP contribution in [0.25, 0.3) is 0 Å². The summed E-state index contributed by atoms with van der Waals surface area (Å²) in [4.78, 5) is 19.1. The Balaban J connectivity index is 2.02. The first kappa shape index (κ1) is 16.0. The summed E-state index contributed by atoms with van der Waals surface area (Å²) in [7, 11) is 0. The third-order valence-electron chi connectivity index (χ3n) is 3.14. The van der Waals surface area contributed by atoms with Gasteiger partial charge in [-0.05, 0) is 39.8 Å². The molecule has 0 aliphatic rings. The third kappa shape index (κ3) is 3.83. The maximum absolute atomic E-state index is 12.0. The maximum atomic E-state index is 12.0. The highest BCUT2D eigenvalue weighted by atomic mass is 32.1. The van der Waals surface area contributed by atoms with Crippen molar-refractivity contribution >= 4 is 33.8 Å². The number of esters is 1. The van der Waals surface area contributed by atoms with E-state index in [1.165, 1.54) is 21.1 Å². The molecular weight excluding hydrogens is 304 g/mol. The molecule has 4 nitrogen and oxygen atoms in total. The molecule has 0 bridgehead atoms. The van der Waals surface area contributed by atoms with Gasteiger partial charge in [0.1, 0.15) is 5.41 Å². The van der Waals surface area contributed by atoms with Crippen molar-refractivity contribution in [1.29, 1.82) is 0 Å². The number of thiophene rings is 1. The number of hydrogen-bond donors (Lipinski definition) is 1. The predicted molar refractivity (Wildman–Crippen MR) is 88.2 cm³/mol. The largest absolute Gasteiger partial charge is 0.465 e. The second-order valence-corrected chi connectivity index (χ2v) is 7.48. The number of aromatic nitrogens is 1. The van der Waals surface area contributed by atoms with Crippen molar-refractivity contribution < 1.29 is 9.53 Å². The molecule has 0 aromatic carbocycles. The Labute approximate surface area is 133 Å². The number of nitrogens with one attached hydrogen (secondary N) is 1. The summed E-state index contributed by atoms with van der Waals surface area (Å²) in [6, 6.07) is 4.23. The fourth-order valence-electron chi connectivity index (χ4n) is 1.80. The molecular formula is C15H20N2O2S2. The van der Waals surface area contributed by atoms with Gasteiger partial charge in [0, 0.05) is 15.1 Å². The first-order valence-corrected chi connectivity index (χ1v) is 8.55. The maximum Gasteiger partial charge on any atom is 0.317 e. The van der Waals surface area contributed by atoms with Crippen molar-refractivity contribution in [2.24, 2.45) is 0 Å². The third-order valence-corrected chi connectivity index (χ3v) is 4.94. The summed E-state index contributed by atoms with van der Waals surface area (Å²) in [5.41, 5.74) is 0.0298. The second kappa shape index (κ2) is 6.58. The zero-order valence-corrected chi connectivity index (χ0v) is 14.4. The Morgan fingerprint density at radius 1 is 1.43 bits per heavy atom. The Morgan fingerprint density at radius 2 is 2.19 bits per heavy atom. The minimum atomic E-state index is -0.716. The lowest BCUT2D eigenvalue weighted by Gasteiger charge is -2.19. The summed E-state index contributed by atoms with van der Waals surface area (Å²) < 4.78 is 5.11. The number of nitrogens with zero attached hydrogens (tertiary/aromatic N) is 1. The van der Waals surface area contributed by atoms with E-state index in [0.717, 1.165) is 17.4 Å². The summed E-state index contributed by atoms with van der Waals surface area (Å²) >= 11 is 3.28. The number of ether oxygens (including phenoxy) is 1. The van der Waals surface area contributed by atoms with Gasteiger partial charge in [-0.3, -0.25) is 4.79 Å². The number of rotatable bonds is 6. The first-order valence-electron chi connectivity index (χ1n) is 6.86. The smallest absolute Gasteiger partial charge is 0.317 e. The molecule has 1 N–H and O–H groups in total. The van der Waals surface area contributed by atoms with E-state index in [2.05, 4.69) is 29.4 Å². The van der Waals surface area contributed by atoms with Crippen LogP contribution >= 0.6 is 22.7 Å². The first-order chi connectivity index (χ1) is 9.93. The van der Waals surface area contributed by atoms with E-state index in [4.69, 9.17) is 4.74 Å². The molecule has 21 heavy (non-hydrogen) atoms. The number of carbonyl (C=O) groups is 1. The molecule has 0 atom stereocenters. The van der Waals surface area contributed by atoms with Gasteiger partial charge < -0.3 is 10.1 Å². The van der Waals surface area contributed by atoms with E-state index in [9.17, 15) is 4.79 Å². The lowest BCUT2D eigenvalue weighted by atomic mass is 9.90. The minimum Gasteiger partial charge on any atom is -0.465 e. The van der Waals surface area contributed by atoms with Crippen LogP contribution in [0.2, 0.25) is 0 Å². The molecule has 0 unspecified atom stereocenters. The van der Waals surface area contributed by atoms with E-state index < -0.39 is 5.41 Å². The van der Waals surface area contributed by atoms with Gasteiger partial charge in [0.05, 0.1) is 18.8 Å². The van der Waals surface area contributed by atoms with Gasteiger partial charge in [0.25, 0.3) is 0 Å². The molecule has 0 aliphatic heterocycles. The fourth-order valence-corrected chi connectivity index (χ4v) is 3.51. The minimum absolute atomic E-state index is 0.240. The monoisotopic (exact) mass is 324 g/mol. The molecule has 0 spiro atoms. The van der Waals surface area contributed by atoms with Crippen molar-refractivity contribution in [1.82, 2.24) is 4.98 Å². The summed E-state index contributed by atoms with van der Waals surface area (Å²) in [6.07, 6.45) is 0. The molecule has 0 radical (unpaired) electrons. The molecule has 0 saturated heterocycles. The van der Waals surface area contributed by atoms with Gasteiger partial charge in [-0.15, -0.1) is 22.7 Å². The highest BCUT2D eigenvalue weighted by Crippen LogP contribution is 2.29. The molecule has 2 aromatic rings. The quantitative estimate of drug-likeness (QED) is 0.817. The topological polar surface area (TPSA) is 51.2 Å². The number of carbonyl (C=O) groups excluding carboxylic acids is 1. The Hall–Kier alpha value is -1.40. The molecule has 2 aromatic heterocycles. The van der Waals surface area contributed by atoms with Crippen molar-refractivity contribution in [2.45, 2.75) is 39.7 Å². The lowest BCUT2D eigenvalue weighted by molar-refractivity contribution is -0.148. The molecule has 114 valence electrons. The van der Waals surface area contributed by atoms with Gasteiger partial charge in [0.15, 0.2) is 5.13 Å². The van der Waals surface area contributed by atoms with Crippen LogP contribution in [0.1, 0.15) is 36.2 Å². The normalized spacial score (nSPS) is 11.4. The Morgan fingerprint density at radius 3 is 2.81 bits per heavy atom. The molecule has 0 amide bonds. The van der Waals surface area contributed by atoms with Crippen LogP contribution in [0.15, 0.2) is 17.5 Å². The van der Waals surface area contributed by atoms with E-state index in [-0.39, 0.29) is 5.97 Å². The molecule has 0 saturated carbocycles. The molecule has 0 aliphatic carbocycles. The van der Waals surface area contributed by atoms with Gasteiger partial charge in [-0.1, -0.05) is 0 Å².